The summed E-state index contributed by atoms with van der Waals surface area (Å²) in [4.78, 5) is 2.18. The van der Waals surface area contributed by atoms with E-state index in [2.05, 4.69) is 11.8 Å². The molecule has 1 aliphatic heterocycles. The summed E-state index contributed by atoms with van der Waals surface area (Å²) in [6.07, 6.45) is 4.80. The molecule has 100 valence electrons. The van der Waals surface area contributed by atoms with Crippen molar-refractivity contribution in [3.8, 4) is 0 Å². The third kappa shape index (κ3) is 2.97. The highest BCUT2D eigenvalue weighted by Crippen LogP contribution is 2.30. The maximum Gasteiger partial charge on any atom is 0.146 e. The molecule has 1 atom stereocenters. The second-order valence-electron chi connectivity index (χ2n) is 5.07. The van der Waals surface area contributed by atoms with Crippen molar-refractivity contribution >= 4 is 17.3 Å². The average molecular weight is 270 g/mol. The van der Waals surface area contributed by atoms with Gasteiger partial charge in [0.2, 0.25) is 0 Å². The number of anilines is 1. The van der Waals surface area contributed by atoms with Gasteiger partial charge in [0.25, 0.3) is 0 Å². The van der Waals surface area contributed by atoms with Crippen LogP contribution in [0.2, 0.25) is 0 Å². The molecule has 3 heteroatoms. The summed E-state index contributed by atoms with van der Waals surface area (Å²) < 4.78 is 14.0. The van der Waals surface area contributed by atoms with Crippen molar-refractivity contribution < 1.29 is 4.39 Å². The number of halogens is 2. The van der Waals surface area contributed by atoms with Crippen molar-refractivity contribution in [1.29, 1.82) is 0 Å². The van der Waals surface area contributed by atoms with E-state index in [0.29, 0.717) is 5.88 Å². The zero-order valence-corrected chi connectivity index (χ0v) is 11.7. The summed E-state index contributed by atoms with van der Waals surface area (Å²) in [6.45, 7) is 4.14. The predicted molar refractivity (Wildman–Crippen MR) is 75.8 cm³/mol. The number of rotatable bonds is 3. The first-order valence-electron chi connectivity index (χ1n) is 6.84. The van der Waals surface area contributed by atoms with Crippen molar-refractivity contribution in [2.75, 3.05) is 18.0 Å². The topological polar surface area (TPSA) is 3.24 Å². The molecule has 0 bridgehead atoms. The highest BCUT2D eigenvalue weighted by Gasteiger charge is 2.20. The summed E-state index contributed by atoms with van der Waals surface area (Å²) >= 11 is 5.93. The van der Waals surface area contributed by atoms with Crippen LogP contribution in [-0.2, 0) is 5.88 Å². The molecule has 1 fully saturated rings. The van der Waals surface area contributed by atoms with E-state index in [-0.39, 0.29) is 5.82 Å². The Bertz CT molecular complexity index is 394. The SMILES string of the molecule is CCC1CCCN(c2c(F)cccc2CCl)CC1. The molecule has 0 amide bonds. The van der Waals surface area contributed by atoms with E-state index in [9.17, 15) is 4.39 Å². The summed E-state index contributed by atoms with van der Waals surface area (Å²) in [7, 11) is 0. The van der Waals surface area contributed by atoms with Gasteiger partial charge in [-0.15, -0.1) is 11.6 Å². The lowest BCUT2D eigenvalue weighted by Crippen LogP contribution is -2.26. The molecule has 0 spiro atoms. The van der Waals surface area contributed by atoms with Crippen molar-refractivity contribution in [2.24, 2.45) is 5.92 Å². The molecule has 0 aromatic heterocycles. The van der Waals surface area contributed by atoms with Crippen LogP contribution >= 0.6 is 11.6 Å². The summed E-state index contributed by atoms with van der Waals surface area (Å²) in [5.74, 6) is 1.03. The van der Waals surface area contributed by atoms with Gasteiger partial charge in [-0.1, -0.05) is 25.5 Å². The molecule has 0 N–H and O–H groups in total. The van der Waals surface area contributed by atoms with E-state index in [1.165, 1.54) is 18.9 Å². The molecule has 1 aromatic carbocycles. The van der Waals surface area contributed by atoms with Crippen LogP contribution in [0.15, 0.2) is 18.2 Å². The molecule has 18 heavy (non-hydrogen) atoms. The minimum Gasteiger partial charge on any atom is -0.369 e. The van der Waals surface area contributed by atoms with E-state index in [1.807, 2.05) is 6.07 Å². The Kier molecular flexibility index (Phi) is 4.87. The highest BCUT2D eigenvalue weighted by molar-refractivity contribution is 6.17. The minimum absolute atomic E-state index is 0.136. The fourth-order valence-corrected chi connectivity index (χ4v) is 3.03. The summed E-state index contributed by atoms with van der Waals surface area (Å²) in [5, 5.41) is 0. The molecule has 0 radical (unpaired) electrons. The molecular formula is C15H21ClFN. The third-order valence-corrected chi connectivity index (χ3v) is 4.24. The first-order chi connectivity index (χ1) is 8.76. The van der Waals surface area contributed by atoms with E-state index >= 15 is 0 Å². The van der Waals surface area contributed by atoms with Crippen LogP contribution in [0.25, 0.3) is 0 Å². The van der Waals surface area contributed by atoms with Crippen LogP contribution in [0.3, 0.4) is 0 Å². The maximum absolute atomic E-state index is 14.0. The van der Waals surface area contributed by atoms with Gasteiger partial charge in [-0.25, -0.2) is 4.39 Å². The van der Waals surface area contributed by atoms with Crippen LogP contribution in [-0.4, -0.2) is 13.1 Å². The monoisotopic (exact) mass is 269 g/mol. The van der Waals surface area contributed by atoms with Gasteiger partial charge >= 0.3 is 0 Å². The molecule has 1 unspecified atom stereocenters. The van der Waals surface area contributed by atoms with Gasteiger partial charge in [0.05, 0.1) is 5.69 Å². The highest BCUT2D eigenvalue weighted by atomic mass is 35.5. The van der Waals surface area contributed by atoms with Crippen LogP contribution in [0, 0.1) is 11.7 Å². The Morgan fingerprint density at radius 3 is 2.89 bits per heavy atom. The fraction of sp³-hybridized carbons (Fsp3) is 0.600. The molecule has 1 nitrogen and oxygen atoms in total. The van der Waals surface area contributed by atoms with E-state index < -0.39 is 0 Å². The number of benzene rings is 1. The van der Waals surface area contributed by atoms with Crippen molar-refractivity contribution in [3.63, 3.8) is 0 Å². The average Bonchev–Trinajstić information content (AvgIpc) is 2.63. The molecule has 0 aliphatic carbocycles. The molecule has 2 rings (SSSR count). The Balaban J connectivity index is 2.20. The first kappa shape index (κ1) is 13.7. The normalized spacial score (nSPS) is 20.8. The fourth-order valence-electron chi connectivity index (χ4n) is 2.82. The number of nitrogens with zero attached hydrogens (tertiary/aromatic N) is 1. The molecule has 1 aliphatic rings. The van der Waals surface area contributed by atoms with Gasteiger partial charge < -0.3 is 4.90 Å². The first-order valence-corrected chi connectivity index (χ1v) is 7.38. The molecule has 1 saturated heterocycles. The van der Waals surface area contributed by atoms with Crippen LogP contribution in [0.5, 0.6) is 0 Å². The Morgan fingerprint density at radius 1 is 1.33 bits per heavy atom. The quantitative estimate of drug-likeness (QED) is 0.726. The van der Waals surface area contributed by atoms with Gasteiger partial charge in [-0.2, -0.15) is 0 Å². The van der Waals surface area contributed by atoms with Crippen molar-refractivity contribution in [1.82, 2.24) is 0 Å². The maximum atomic E-state index is 14.0. The van der Waals surface area contributed by atoms with Gasteiger partial charge in [0, 0.05) is 19.0 Å². The minimum atomic E-state index is -0.136. The number of hydrogen-bond acceptors (Lipinski definition) is 1. The van der Waals surface area contributed by atoms with Crippen molar-refractivity contribution in [2.45, 2.75) is 38.5 Å². The van der Waals surface area contributed by atoms with Gasteiger partial charge in [-0.05, 0) is 36.8 Å². The molecule has 0 saturated carbocycles. The van der Waals surface area contributed by atoms with Crippen molar-refractivity contribution in [3.05, 3.63) is 29.6 Å². The van der Waals surface area contributed by atoms with Gasteiger partial charge in [-0.3, -0.25) is 0 Å². The summed E-state index contributed by atoms with van der Waals surface area (Å²) in [5.41, 5.74) is 1.64. The van der Waals surface area contributed by atoms with Crippen LogP contribution in [0.4, 0.5) is 10.1 Å². The van der Waals surface area contributed by atoms with Gasteiger partial charge in [0.15, 0.2) is 0 Å². The Labute approximate surface area is 114 Å². The van der Waals surface area contributed by atoms with E-state index in [0.717, 1.165) is 43.1 Å². The number of hydrogen-bond donors (Lipinski definition) is 0. The second-order valence-corrected chi connectivity index (χ2v) is 5.34. The Hall–Kier alpha value is -0.760. The standard InChI is InChI=1S/C15H21ClFN/c1-2-12-5-4-9-18(10-8-12)15-13(11-16)6-3-7-14(15)17/h3,6-7,12H,2,4-5,8-11H2,1H3. The smallest absolute Gasteiger partial charge is 0.146 e. The third-order valence-electron chi connectivity index (χ3n) is 3.96. The second kappa shape index (κ2) is 6.42. The lowest BCUT2D eigenvalue weighted by molar-refractivity contribution is 0.459. The van der Waals surface area contributed by atoms with Crippen LogP contribution < -0.4 is 4.90 Å². The largest absolute Gasteiger partial charge is 0.369 e. The zero-order chi connectivity index (χ0) is 13.0. The van der Waals surface area contributed by atoms with Crippen LogP contribution in [0.1, 0.15) is 38.2 Å². The molecule has 1 heterocycles. The lowest BCUT2D eigenvalue weighted by Gasteiger charge is -2.25. The number of para-hydroxylation sites is 1. The lowest BCUT2D eigenvalue weighted by atomic mass is 9.98. The number of alkyl halides is 1. The molecular weight excluding hydrogens is 249 g/mol. The Morgan fingerprint density at radius 2 is 2.17 bits per heavy atom. The van der Waals surface area contributed by atoms with E-state index in [4.69, 9.17) is 11.6 Å². The zero-order valence-electron chi connectivity index (χ0n) is 11.0. The summed E-state index contributed by atoms with van der Waals surface area (Å²) in [6, 6.07) is 5.20. The van der Waals surface area contributed by atoms with Gasteiger partial charge in [0.1, 0.15) is 5.82 Å². The van der Waals surface area contributed by atoms with E-state index in [1.54, 1.807) is 6.07 Å². The predicted octanol–water partition coefficient (Wildman–Crippen LogP) is 4.58. The molecule has 1 aromatic rings.